The molecule has 0 aliphatic heterocycles. The van der Waals surface area contributed by atoms with Gasteiger partial charge in [0, 0.05) is 5.69 Å². The summed E-state index contributed by atoms with van der Waals surface area (Å²) in [5, 5.41) is 15.3. The van der Waals surface area contributed by atoms with Gasteiger partial charge in [0.2, 0.25) is 11.1 Å². The number of anilines is 1. The monoisotopic (exact) mass is 381 g/mol. The van der Waals surface area contributed by atoms with Gasteiger partial charge in [-0.25, -0.2) is 0 Å². The van der Waals surface area contributed by atoms with Gasteiger partial charge in [0.1, 0.15) is 0 Å². The first-order valence-corrected chi connectivity index (χ1v) is 10.0. The zero-order valence-electron chi connectivity index (χ0n) is 15.6. The van der Waals surface area contributed by atoms with Crippen LogP contribution in [0.15, 0.2) is 53.7 Å². The molecule has 0 unspecified atom stereocenters. The van der Waals surface area contributed by atoms with E-state index in [1.165, 1.54) is 30.2 Å². The van der Waals surface area contributed by atoms with Gasteiger partial charge < -0.3 is 5.32 Å². The van der Waals surface area contributed by atoms with Crippen molar-refractivity contribution in [3.05, 3.63) is 59.7 Å². The number of nitrogens with one attached hydrogen (secondary N) is 1. The Morgan fingerprint density at radius 2 is 1.85 bits per heavy atom. The van der Waals surface area contributed by atoms with E-state index in [2.05, 4.69) is 39.9 Å². The van der Waals surface area contributed by atoms with E-state index in [1.807, 2.05) is 43.3 Å². The molecule has 0 aliphatic carbocycles. The molecule has 1 aromatic heterocycles. The van der Waals surface area contributed by atoms with E-state index in [1.54, 1.807) is 4.68 Å². The minimum Gasteiger partial charge on any atom is -0.325 e. The normalized spacial score (nSPS) is 10.7. The number of thioether (sulfide) groups is 1. The molecular formula is C20H23N5OS. The quantitative estimate of drug-likeness (QED) is 0.596. The van der Waals surface area contributed by atoms with E-state index in [0.717, 1.165) is 23.4 Å². The molecule has 2 aromatic carbocycles. The smallest absolute Gasteiger partial charge is 0.234 e. The number of amides is 1. The van der Waals surface area contributed by atoms with Gasteiger partial charge in [-0.1, -0.05) is 54.9 Å². The van der Waals surface area contributed by atoms with E-state index >= 15 is 0 Å². The summed E-state index contributed by atoms with van der Waals surface area (Å²) in [6.07, 6.45) is 3.44. The number of nitrogens with zero attached hydrogens (tertiary/aromatic N) is 4. The number of rotatable bonds is 8. The Bertz CT molecular complexity index is 874. The fourth-order valence-electron chi connectivity index (χ4n) is 2.58. The molecule has 6 nitrogen and oxygen atoms in total. The van der Waals surface area contributed by atoms with Gasteiger partial charge >= 0.3 is 0 Å². The van der Waals surface area contributed by atoms with Crippen molar-refractivity contribution in [3.8, 4) is 5.69 Å². The summed E-state index contributed by atoms with van der Waals surface area (Å²) in [5.74, 6) is 0.149. The van der Waals surface area contributed by atoms with Crippen molar-refractivity contribution < 1.29 is 4.79 Å². The predicted octanol–water partition coefficient (Wildman–Crippen LogP) is 4.04. The summed E-state index contributed by atoms with van der Waals surface area (Å²) in [6, 6.07) is 15.9. The largest absolute Gasteiger partial charge is 0.325 e. The molecule has 3 aromatic rings. The molecule has 0 saturated heterocycles. The van der Waals surface area contributed by atoms with E-state index in [4.69, 9.17) is 0 Å². The van der Waals surface area contributed by atoms with Crippen LogP contribution in [0.5, 0.6) is 0 Å². The minimum atomic E-state index is -0.0895. The summed E-state index contributed by atoms with van der Waals surface area (Å²) < 4.78 is 1.66. The maximum Gasteiger partial charge on any atom is 0.234 e. The molecule has 1 heterocycles. The highest BCUT2D eigenvalue weighted by Crippen LogP contribution is 2.19. The van der Waals surface area contributed by atoms with Crippen molar-refractivity contribution in [1.82, 2.24) is 20.2 Å². The highest BCUT2D eigenvalue weighted by molar-refractivity contribution is 7.99. The maximum atomic E-state index is 12.2. The molecule has 0 saturated carbocycles. The Labute approximate surface area is 163 Å². The van der Waals surface area contributed by atoms with Crippen molar-refractivity contribution in [1.29, 1.82) is 0 Å². The van der Waals surface area contributed by atoms with Crippen LogP contribution in [-0.4, -0.2) is 31.9 Å². The number of tetrazole rings is 1. The van der Waals surface area contributed by atoms with E-state index in [-0.39, 0.29) is 11.7 Å². The fraction of sp³-hybridized carbons (Fsp3) is 0.300. The van der Waals surface area contributed by atoms with Gasteiger partial charge in [0.15, 0.2) is 0 Å². The van der Waals surface area contributed by atoms with Crippen LogP contribution in [-0.2, 0) is 11.2 Å². The van der Waals surface area contributed by atoms with E-state index < -0.39 is 0 Å². The van der Waals surface area contributed by atoms with Crippen molar-refractivity contribution in [2.24, 2.45) is 0 Å². The Morgan fingerprint density at radius 3 is 2.56 bits per heavy atom. The molecule has 0 bridgehead atoms. The number of hydrogen-bond acceptors (Lipinski definition) is 5. The second-order valence-electron chi connectivity index (χ2n) is 6.35. The molecule has 0 aliphatic rings. The molecule has 27 heavy (non-hydrogen) atoms. The third-order valence-corrected chi connectivity index (χ3v) is 5.03. The van der Waals surface area contributed by atoms with Crippen LogP contribution in [0.4, 0.5) is 5.69 Å². The number of hydrogen-bond donors (Lipinski definition) is 1. The van der Waals surface area contributed by atoms with Crippen LogP contribution in [0, 0.1) is 6.92 Å². The molecule has 3 rings (SSSR count). The Balaban J connectivity index is 1.59. The Morgan fingerprint density at radius 1 is 1.11 bits per heavy atom. The molecule has 0 radical (unpaired) electrons. The standard InChI is InChI=1S/C20H23N5OS/c1-3-4-5-16-8-12-18(13-9-16)25-20(22-23-24-25)27-14-19(26)21-17-10-6-15(2)7-11-17/h6-13H,3-5,14H2,1-2H3,(H,21,26). The zero-order chi connectivity index (χ0) is 19.1. The van der Waals surface area contributed by atoms with Crippen LogP contribution in [0.25, 0.3) is 5.69 Å². The average molecular weight is 382 g/mol. The zero-order valence-corrected chi connectivity index (χ0v) is 16.4. The third-order valence-electron chi connectivity index (χ3n) is 4.11. The molecule has 0 atom stereocenters. The lowest BCUT2D eigenvalue weighted by atomic mass is 10.1. The molecule has 0 spiro atoms. The second-order valence-corrected chi connectivity index (χ2v) is 7.29. The SMILES string of the molecule is CCCCc1ccc(-n2nnnc2SCC(=O)Nc2ccc(C)cc2)cc1. The lowest BCUT2D eigenvalue weighted by Gasteiger charge is -2.07. The minimum absolute atomic E-state index is 0.0895. The summed E-state index contributed by atoms with van der Waals surface area (Å²) >= 11 is 1.31. The number of carbonyl (C=O) groups excluding carboxylic acids is 1. The first kappa shape index (κ1) is 19.1. The number of aromatic nitrogens is 4. The highest BCUT2D eigenvalue weighted by Gasteiger charge is 2.12. The third kappa shape index (κ3) is 5.40. The van der Waals surface area contributed by atoms with Crippen LogP contribution in [0.2, 0.25) is 0 Å². The molecule has 1 N–H and O–H groups in total. The van der Waals surface area contributed by atoms with Crippen molar-refractivity contribution in [3.63, 3.8) is 0 Å². The van der Waals surface area contributed by atoms with Crippen LogP contribution in [0.1, 0.15) is 30.9 Å². The van der Waals surface area contributed by atoms with Crippen molar-refractivity contribution in [2.75, 3.05) is 11.1 Å². The summed E-state index contributed by atoms with van der Waals surface area (Å²) in [4.78, 5) is 12.2. The number of benzene rings is 2. The highest BCUT2D eigenvalue weighted by atomic mass is 32.2. The van der Waals surface area contributed by atoms with Crippen LogP contribution in [0.3, 0.4) is 0 Å². The van der Waals surface area contributed by atoms with Crippen LogP contribution >= 0.6 is 11.8 Å². The lowest BCUT2D eigenvalue weighted by Crippen LogP contribution is -2.14. The van der Waals surface area contributed by atoms with Gasteiger partial charge in [-0.05, 0) is 60.0 Å². The number of unbranched alkanes of at least 4 members (excludes halogenated alkanes) is 1. The van der Waals surface area contributed by atoms with Crippen molar-refractivity contribution in [2.45, 2.75) is 38.3 Å². The number of carbonyl (C=O) groups is 1. The molecule has 7 heteroatoms. The maximum absolute atomic E-state index is 12.2. The summed E-state index contributed by atoms with van der Waals surface area (Å²) in [7, 11) is 0. The average Bonchev–Trinajstić information content (AvgIpc) is 3.15. The lowest BCUT2D eigenvalue weighted by molar-refractivity contribution is -0.113. The summed E-state index contributed by atoms with van der Waals surface area (Å²) in [6.45, 7) is 4.20. The summed E-state index contributed by atoms with van der Waals surface area (Å²) in [5.41, 5.74) is 4.14. The fourth-order valence-corrected chi connectivity index (χ4v) is 3.27. The molecule has 140 valence electrons. The predicted molar refractivity (Wildman–Crippen MR) is 108 cm³/mol. The van der Waals surface area contributed by atoms with Gasteiger partial charge in [-0.2, -0.15) is 4.68 Å². The molecular weight excluding hydrogens is 358 g/mol. The van der Waals surface area contributed by atoms with Gasteiger partial charge in [0.05, 0.1) is 11.4 Å². The molecule has 1 amide bonds. The first-order chi connectivity index (χ1) is 13.2. The van der Waals surface area contributed by atoms with Gasteiger partial charge in [-0.15, -0.1) is 5.10 Å². The van der Waals surface area contributed by atoms with Gasteiger partial charge in [-0.3, -0.25) is 4.79 Å². The Hall–Kier alpha value is -2.67. The van der Waals surface area contributed by atoms with E-state index in [9.17, 15) is 4.79 Å². The number of aryl methyl sites for hydroxylation is 2. The topological polar surface area (TPSA) is 72.7 Å². The van der Waals surface area contributed by atoms with Gasteiger partial charge in [0.25, 0.3) is 0 Å². The second kappa shape index (κ2) is 9.32. The Kier molecular flexibility index (Phi) is 6.59. The van der Waals surface area contributed by atoms with Crippen LogP contribution < -0.4 is 5.32 Å². The van der Waals surface area contributed by atoms with Crippen molar-refractivity contribution >= 4 is 23.4 Å². The first-order valence-electron chi connectivity index (χ1n) is 9.02. The van der Waals surface area contributed by atoms with E-state index in [0.29, 0.717) is 5.16 Å². The molecule has 0 fully saturated rings.